The molecule has 0 N–H and O–H groups in total. The first-order valence-corrected chi connectivity index (χ1v) is 2.60. The molecule has 9 heavy (non-hydrogen) atoms. The molecule has 0 saturated carbocycles. The zero-order valence-electron chi connectivity index (χ0n) is 6.02. The fraction of sp³-hybridized carbons (Fsp3) is 0.500. The van der Waals surface area contributed by atoms with Gasteiger partial charge in [-0.05, 0) is 6.42 Å². The molecule has 3 heteroatoms. The molecule has 0 aromatic heterocycles. The van der Waals surface area contributed by atoms with Crippen molar-refractivity contribution in [3.05, 3.63) is 12.7 Å². The third kappa shape index (κ3) is 7.81. The van der Waals surface area contributed by atoms with E-state index in [0.717, 1.165) is 12.5 Å². The summed E-state index contributed by atoms with van der Waals surface area (Å²) in [6, 6.07) is 0. The summed E-state index contributed by atoms with van der Waals surface area (Å²) in [6.07, 6.45) is 2.02. The zero-order valence-corrected chi connectivity index (χ0v) is 6.02. The average Bonchev–Trinajstić information content (AvgIpc) is 1.83. The minimum atomic E-state index is -0.341. The Morgan fingerprint density at radius 3 is 2.67 bits per heavy atom. The second-order valence-electron chi connectivity index (χ2n) is 1.37. The number of carbonyl (C=O) groups is 1. The van der Waals surface area contributed by atoms with Crippen molar-refractivity contribution in [2.24, 2.45) is 0 Å². The Balaban J connectivity index is 0. The molecule has 0 bridgehead atoms. The third-order valence-electron chi connectivity index (χ3n) is 0.615. The van der Waals surface area contributed by atoms with E-state index >= 15 is 0 Å². The van der Waals surface area contributed by atoms with Gasteiger partial charge in [-0.2, -0.15) is 0 Å². The minimum absolute atomic E-state index is 0. The summed E-state index contributed by atoms with van der Waals surface area (Å²) >= 11 is 0. The Kier molecular flexibility index (Phi) is 10.0. The van der Waals surface area contributed by atoms with Crippen molar-refractivity contribution in [1.29, 1.82) is 0 Å². The predicted octanol–water partition coefficient (Wildman–Crippen LogP) is 0.745. The molecule has 0 amide bonds. The summed E-state index contributed by atoms with van der Waals surface area (Å²) in [7, 11) is 0. The number of esters is 1. The normalized spacial score (nSPS) is 7.22. The standard InChI is InChI=1S/C6H10O2.Li/c1-3-5-8-6(7)4-2;/h4H,2-3,5H2,1H3;. The van der Waals surface area contributed by atoms with Gasteiger partial charge < -0.3 is 4.74 Å². The van der Waals surface area contributed by atoms with Gasteiger partial charge in [-0.3, -0.25) is 0 Å². The van der Waals surface area contributed by atoms with Crippen molar-refractivity contribution in [1.82, 2.24) is 0 Å². The van der Waals surface area contributed by atoms with Crippen molar-refractivity contribution in [3.63, 3.8) is 0 Å². The van der Waals surface area contributed by atoms with Crippen molar-refractivity contribution in [2.75, 3.05) is 6.61 Å². The largest absolute Gasteiger partial charge is 0.463 e. The van der Waals surface area contributed by atoms with Crippen molar-refractivity contribution in [2.45, 2.75) is 13.3 Å². The number of carbonyl (C=O) groups excluding carboxylic acids is 1. The monoisotopic (exact) mass is 121 g/mol. The van der Waals surface area contributed by atoms with Gasteiger partial charge in [0.1, 0.15) is 0 Å². The van der Waals surface area contributed by atoms with Gasteiger partial charge in [-0.1, -0.05) is 13.5 Å². The molecular formula is C6H10LiO2. The van der Waals surface area contributed by atoms with Crippen LogP contribution >= 0.6 is 0 Å². The van der Waals surface area contributed by atoms with Gasteiger partial charge in [0.2, 0.25) is 0 Å². The minimum Gasteiger partial charge on any atom is -0.463 e. The van der Waals surface area contributed by atoms with Gasteiger partial charge in [0.05, 0.1) is 6.61 Å². The maximum atomic E-state index is 10.2. The van der Waals surface area contributed by atoms with Gasteiger partial charge in [-0.15, -0.1) is 0 Å². The molecule has 0 heterocycles. The molecule has 0 aliphatic rings. The topological polar surface area (TPSA) is 26.3 Å². The molecule has 0 unspecified atom stereocenters. The fourth-order valence-corrected chi connectivity index (χ4v) is 0.262. The molecule has 0 aliphatic carbocycles. The molecule has 0 spiro atoms. The number of ether oxygens (including phenoxy) is 1. The third-order valence-corrected chi connectivity index (χ3v) is 0.615. The SMILES string of the molecule is C=CC(=O)OCCC.[Li]. The van der Waals surface area contributed by atoms with E-state index in [2.05, 4.69) is 11.3 Å². The van der Waals surface area contributed by atoms with Crippen LogP contribution in [-0.4, -0.2) is 31.4 Å². The van der Waals surface area contributed by atoms with Crippen LogP contribution in [0.4, 0.5) is 0 Å². The Morgan fingerprint density at radius 2 is 2.33 bits per heavy atom. The van der Waals surface area contributed by atoms with Crippen LogP contribution in [0.25, 0.3) is 0 Å². The molecular weight excluding hydrogens is 111 g/mol. The van der Waals surface area contributed by atoms with Crippen LogP contribution < -0.4 is 0 Å². The fourth-order valence-electron chi connectivity index (χ4n) is 0.262. The molecule has 0 aliphatic heterocycles. The van der Waals surface area contributed by atoms with Crippen molar-refractivity contribution >= 4 is 24.8 Å². The molecule has 0 aromatic carbocycles. The Morgan fingerprint density at radius 1 is 1.78 bits per heavy atom. The van der Waals surface area contributed by atoms with Crippen LogP contribution in [0.15, 0.2) is 12.7 Å². The molecule has 0 aromatic rings. The van der Waals surface area contributed by atoms with E-state index < -0.39 is 0 Å². The Bertz CT molecular complexity index is 91.1. The second kappa shape index (κ2) is 7.81. The molecule has 0 saturated heterocycles. The first-order chi connectivity index (χ1) is 3.81. The molecule has 1 radical (unpaired) electrons. The summed E-state index contributed by atoms with van der Waals surface area (Å²) in [4.78, 5) is 10.2. The van der Waals surface area contributed by atoms with Gasteiger partial charge in [0.25, 0.3) is 0 Å². The van der Waals surface area contributed by atoms with Gasteiger partial charge >= 0.3 is 5.97 Å². The quantitative estimate of drug-likeness (QED) is 0.313. The molecule has 0 atom stereocenters. The molecule has 47 valence electrons. The average molecular weight is 121 g/mol. The summed E-state index contributed by atoms with van der Waals surface area (Å²) in [5.41, 5.74) is 0. The van der Waals surface area contributed by atoms with Crippen LogP contribution in [-0.2, 0) is 9.53 Å². The van der Waals surface area contributed by atoms with Crippen LogP contribution in [0, 0.1) is 0 Å². The van der Waals surface area contributed by atoms with Gasteiger partial charge in [0.15, 0.2) is 0 Å². The summed E-state index contributed by atoms with van der Waals surface area (Å²) in [5, 5.41) is 0. The van der Waals surface area contributed by atoms with E-state index in [4.69, 9.17) is 0 Å². The maximum absolute atomic E-state index is 10.2. The zero-order chi connectivity index (χ0) is 6.41. The summed E-state index contributed by atoms with van der Waals surface area (Å²) in [6.45, 7) is 5.67. The first-order valence-electron chi connectivity index (χ1n) is 2.60. The number of rotatable bonds is 3. The van der Waals surface area contributed by atoms with Crippen LogP contribution in [0.2, 0.25) is 0 Å². The van der Waals surface area contributed by atoms with E-state index in [1.165, 1.54) is 0 Å². The second-order valence-corrected chi connectivity index (χ2v) is 1.37. The summed E-state index contributed by atoms with van der Waals surface area (Å²) < 4.78 is 4.58. The summed E-state index contributed by atoms with van der Waals surface area (Å²) in [5.74, 6) is -0.341. The predicted molar refractivity (Wildman–Crippen MR) is 37.2 cm³/mol. The molecule has 0 rings (SSSR count). The van der Waals surface area contributed by atoms with Crippen molar-refractivity contribution in [3.8, 4) is 0 Å². The smallest absolute Gasteiger partial charge is 0.330 e. The first kappa shape index (κ1) is 11.6. The van der Waals surface area contributed by atoms with E-state index in [1.807, 2.05) is 6.92 Å². The Labute approximate surface area is 67.4 Å². The van der Waals surface area contributed by atoms with E-state index in [-0.39, 0.29) is 24.8 Å². The Hall–Kier alpha value is -0.193. The molecule has 0 fully saturated rings. The number of hydrogen-bond acceptors (Lipinski definition) is 2. The number of hydrogen-bond donors (Lipinski definition) is 0. The van der Waals surface area contributed by atoms with Gasteiger partial charge in [-0.25, -0.2) is 4.79 Å². The maximum Gasteiger partial charge on any atom is 0.330 e. The van der Waals surface area contributed by atoms with E-state index in [9.17, 15) is 4.79 Å². The van der Waals surface area contributed by atoms with Crippen LogP contribution in [0.1, 0.15) is 13.3 Å². The molecule has 2 nitrogen and oxygen atoms in total. The van der Waals surface area contributed by atoms with Crippen LogP contribution in [0.5, 0.6) is 0 Å². The van der Waals surface area contributed by atoms with E-state index in [0.29, 0.717) is 6.61 Å². The van der Waals surface area contributed by atoms with E-state index in [1.54, 1.807) is 0 Å². The van der Waals surface area contributed by atoms with Gasteiger partial charge in [0, 0.05) is 24.9 Å². The van der Waals surface area contributed by atoms with Crippen LogP contribution in [0.3, 0.4) is 0 Å². The van der Waals surface area contributed by atoms with Crippen molar-refractivity contribution < 1.29 is 9.53 Å².